The van der Waals surface area contributed by atoms with E-state index in [1.165, 1.54) is 0 Å². The highest BCUT2D eigenvalue weighted by atomic mass is 79.9. The zero-order valence-electron chi connectivity index (χ0n) is 10.3. The Morgan fingerprint density at radius 3 is 2.89 bits per heavy atom. The lowest BCUT2D eigenvalue weighted by Crippen LogP contribution is -2.08. The lowest BCUT2D eigenvalue weighted by atomic mass is 10.1. The second-order valence-electron chi connectivity index (χ2n) is 4.14. The molecule has 0 spiro atoms. The SMILES string of the molecule is C[C@@H](N)c1ccc(Br)cc1OCc1cn(C)nn1. The summed E-state index contributed by atoms with van der Waals surface area (Å²) in [5, 5.41) is 7.83. The fraction of sp³-hybridized carbons (Fsp3) is 0.333. The molecule has 1 heterocycles. The van der Waals surface area contributed by atoms with Crippen molar-refractivity contribution < 1.29 is 4.74 Å². The lowest BCUT2D eigenvalue weighted by Gasteiger charge is -2.13. The molecule has 0 fully saturated rings. The van der Waals surface area contributed by atoms with Crippen molar-refractivity contribution in [3.8, 4) is 5.75 Å². The average molecular weight is 311 g/mol. The van der Waals surface area contributed by atoms with Crippen LogP contribution >= 0.6 is 15.9 Å². The molecule has 0 aliphatic rings. The van der Waals surface area contributed by atoms with Crippen LogP contribution < -0.4 is 10.5 Å². The second-order valence-corrected chi connectivity index (χ2v) is 5.06. The van der Waals surface area contributed by atoms with E-state index in [-0.39, 0.29) is 6.04 Å². The minimum absolute atomic E-state index is 0.0741. The first kappa shape index (κ1) is 13.0. The molecule has 0 amide bonds. The molecular weight excluding hydrogens is 296 g/mol. The summed E-state index contributed by atoms with van der Waals surface area (Å²) in [6.45, 7) is 2.31. The maximum Gasteiger partial charge on any atom is 0.134 e. The van der Waals surface area contributed by atoms with Gasteiger partial charge in [0.15, 0.2) is 0 Å². The van der Waals surface area contributed by atoms with Crippen molar-refractivity contribution in [1.29, 1.82) is 0 Å². The van der Waals surface area contributed by atoms with Gasteiger partial charge in [0.25, 0.3) is 0 Å². The maximum absolute atomic E-state index is 5.91. The Hall–Kier alpha value is -1.40. The summed E-state index contributed by atoms with van der Waals surface area (Å²) in [6, 6.07) is 5.75. The van der Waals surface area contributed by atoms with E-state index < -0.39 is 0 Å². The van der Waals surface area contributed by atoms with Gasteiger partial charge < -0.3 is 10.5 Å². The van der Waals surface area contributed by atoms with Crippen molar-refractivity contribution in [2.45, 2.75) is 19.6 Å². The van der Waals surface area contributed by atoms with Gasteiger partial charge in [0.1, 0.15) is 18.1 Å². The summed E-state index contributed by atoms with van der Waals surface area (Å²) in [5.41, 5.74) is 7.67. The molecule has 18 heavy (non-hydrogen) atoms. The van der Waals surface area contributed by atoms with E-state index in [1.54, 1.807) is 4.68 Å². The molecule has 0 radical (unpaired) electrons. The van der Waals surface area contributed by atoms with Crippen molar-refractivity contribution >= 4 is 15.9 Å². The predicted molar refractivity (Wildman–Crippen MR) is 72.1 cm³/mol. The molecule has 0 unspecified atom stereocenters. The van der Waals surface area contributed by atoms with Crippen LogP contribution in [0.25, 0.3) is 0 Å². The Balaban J connectivity index is 2.15. The molecular formula is C12H15BrN4O. The van der Waals surface area contributed by atoms with E-state index in [9.17, 15) is 0 Å². The highest BCUT2D eigenvalue weighted by Crippen LogP contribution is 2.28. The Labute approximate surface area is 114 Å². The van der Waals surface area contributed by atoms with E-state index in [2.05, 4.69) is 26.2 Å². The maximum atomic E-state index is 5.91. The Morgan fingerprint density at radius 2 is 2.28 bits per heavy atom. The average Bonchev–Trinajstić information content (AvgIpc) is 2.72. The number of halogens is 1. The third kappa shape index (κ3) is 3.08. The van der Waals surface area contributed by atoms with E-state index in [4.69, 9.17) is 10.5 Å². The molecule has 0 saturated carbocycles. The monoisotopic (exact) mass is 310 g/mol. The van der Waals surface area contributed by atoms with E-state index in [1.807, 2.05) is 38.4 Å². The molecule has 2 rings (SSSR count). The Morgan fingerprint density at radius 1 is 1.50 bits per heavy atom. The number of rotatable bonds is 4. The Bertz CT molecular complexity index is 539. The van der Waals surface area contributed by atoms with Gasteiger partial charge in [-0.2, -0.15) is 0 Å². The summed E-state index contributed by atoms with van der Waals surface area (Å²) in [7, 11) is 1.82. The van der Waals surface area contributed by atoms with Gasteiger partial charge in [-0.25, -0.2) is 0 Å². The highest BCUT2D eigenvalue weighted by molar-refractivity contribution is 9.10. The first-order chi connectivity index (χ1) is 8.56. The van der Waals surface area contributed by atoms with E-state index in [0.29, 0.717) is 6.61 Å². The smallest absolute Gasteiger partial charge is 0.134 e. The van der Waals surface area contributed by atoms with Crippen molar-refractivity contribution in [2.24, 2.45) is 12.8 Å². The minimum Gasteiger partial charge on any atom is -0.487 e. The molecule has 0 saturated heterocycles. The molecule has 1 atom stereocenters. The number of aryl methyl sites for hydroxylation is 1. The molecule has 2 aromatic rings. The topological polar surface area (TPSA) is 66.0 Å². The number of aromatic nitrogens is 3. The standard InChI is InChI=1S/C12H15BrN4O/c1-8(14)11-4-3-9(13)5-12(11)18-7-10-6-17(2)16-15-10/h3-6,8H,7,14H2,1-2H3/t8-/m1/s1. The fourth-order valence-corrected chi connectivity index (χ4v) is 1.96. The fourth-order valence-electron chi connectivity index (χ4n) is 1.62. The van der Waals surface area contributed by atoms with Crippen LogP contribution in [0.5, 0.6) is 5.75 Å². The highest BCUT2D eigenvalue weighted by Gasteiger charge is 2.09. The predicted octanol–water partition coefficient (Wildman–Crippen LogP) is 2.18. The molecule has 1 aromatic carbocycles. The largest absolute Gasteiger partial charge is 0.487 e. The Kier molecular flexibility index (Phi) is 3.98. The van der Waals surface area contributed by atoms with Crippen LogP contribution in [-0.4, -0.2) is 15.0 Å². The number of hydrogen-bond donors (Lipinski definition) is 1. The number of ether oxygens (including phenoxy) is 1. The van der Waals surface area contributed by atoms with Crippen molar-refractivity contribution in [1.82, 2.24) is 15.0 Å². The molecule has 1 aromatic heterocycles. The zero-order valence-corrected chi connectivity index (χ0v) is 11.9. The van der Waals surface area contributed by atoms with Gasteiger partial charge in [-0.05, 0) is 19.1 Å². The quantitative estimate of drug-likeness (QED) is 0.940. The summed E-state index contributed by atoms with van der Waals surface area (Å²) >= 11 is 3.42. The van der Waals surface area contributed by atoms with Crippen LogP contribution in [0.4, 0.5) is 0 Å². The van der Waals surface area contributed by atoms with Gasteiger partial charge in [0.2, 0.25) is 0 Å². The summed E-state index contributed by atoms with van der Waals surface area (Å²) in [5.74, 6) is 0.769. The van der Waals surface area contributed by atoms with Crippen molar-refractivity contribution in [3.05, 3.63) is 40.1 Å². The molecule has 2 N–H and O–H groups in total. The molecule has 0 bridgehead atoms. The summed E-state index contributed by atoms with van der Waals surface area (Å²) < 4.78 is 8.36. The van der Waals surface area contributed by atoms with Crippen LogP contribution in [0.2, 0.25) is 0 Å². The van der Waals surface area contributed by atoms with Crippen LogP contribution in [0, 0.1) is 0 Å². The van der Waals surface area contributed by atoms with Crippen LogP contribution in [0.3, 0.4) is 0 Å². The number of benzene rings is 1. The number of nitrogens with two attached hydrogens (primary N) is 1. The molecule has 5 nitrogen and oxygen atoms in total. The second kappa shape index (κ2) is 5.49. The van der Waals surface area contributed by atoms with Crippen molar-refractivity contribution in [2.75, 3.05) is 0 Å². The first-order valence-electron chi connectivity index (χ1n) is 5.59. The van der Waals surface area contributed by atoms with Crippen molar-refractivity contribution in [3.63, 3.8) is 0 Å². The van der Waals surface area contributed by atoms with Gasteiger partial charge in [-0.1, -0.05) is 27.2 Å². The molecule has 6 heteroatoms. The van der Waals surface area contributed by atoms with Gasteiger partial charge in [-0.15, -0.1) is 5.10 Å². The third-order valence-electron chi connectivity index (χ3n) is 2.49. The van der Waals surface area contributed by atoms with Gasteiger partial charge in [0.05, 0.1) is 6.20 Å². The molecule has 0 aliphatic heterocycles. The zero-order chi connectivity index (χ0) is 13.1. The van der Waals surface area contributed by atoms with E-state index >= 15 is 0 Å². The molecule has 0 aliphatic carbocycles. The normalized spacial score (nSPS) is 12.4. The van der Waals surface area contributed by atoms with Gasteiger partial charge >= 0.3 is 0 Å². The molecule has 96 valence electrons. The minimum atomic E-state index is -0.0741. The number of hydrogen-bond acceptors (Lipinski definition) is 4. The third-order valence-corrected chi connectivity index (χ3v) is 2.99. The van der Waals surface area contributed by atoms with Gasteiger partial charge in [-0.3, -0.25) is 4.68 Å². The van der Waals surface area contributed by atoms with Crippen LogP contribution in [0.1, 0.15) is 24.2 Å². The lowest BCUT2D eigenvalue weighted by molar-refractivity contribution is 0.296. The summed E-state index contributed by atoms with van der Waals surface area (Å²) in [6.07, 6.45) is 1.82. The van der Waals surface area contributed by atoms with Crippen LogP contribution in [-0.2, 0) is 13.7 Å². The van der Waals surface area contributed by atoms with Crippen LogP contribution in [0.15, 0.2) is 28.9 Å². The number of nitrogens with zero attached hydrogens (tertiary/aromatic N) is 3. The van der Waals surface area contributed by atoms with Gasteiger partial charge in [0, 0.05) is 23.1 Å². The summed E-state index contributed by atoms with van der Waals surface area (Å²) in [4.78, 5) is 0. The van der Waals surface area contributed by atoms with E-state index in [0.717, 1.165) is 21.5 Å². The first-order valence-corrected chi connectivity index (χ1v) is 6.38.